The number of hydrogen-bond donors (Lipinski definition) is 2. The van der Waals surface area contributed by atoms with Crippen molar-refractivity contribution in [3.63, 3.8) is 0 Å². The second-order valence-corrected chi connectivity index (χ2v) is 5.82. The maximum Gasteiger partial charge on any atom is 0.312 e. The van der Waals surface area contributed by atoms with Crippen LogP contribution < -0.4 is 10.1 Å². The van der Waals surface area contributed by atoms with Gasteiger partial charge in [-0.2, -0.15) is 0 Å². The summed E-state index contributed by atoms with van der Waals surface area (Å²) in [5.74, 6) is -1.86. The molecule has 0 heterocycles. The minimum Gasteiger partial charge on any atom is -0.494 e. The average Bonchev–Trinajstić information content (AvgIpc) is 2.63. The monoisotopic (exact) mass is 359 g/mol. The molecular weight excluding hydrogens is 337 g/mol. The van der Waals surface area contributed by atoms with E-state index >= 15 is 0 Å². The highest BCUT2D eigenvalue weighted by atomic mass is 19.1. The highest BCUT2D eigenvalue weighted by Crippen LogP contribution is 2.16. The Labute approximate surface area is 151 Å². The minimum atomic E-state index is -1.07. The van der Waals surface area contributed by atoms with Gasteiger partial charge in [-0.3, -0.25) is 9.59 Å². The summed E-state index contributed by atoms with van der Waals surface area (Å²) in [6, 6.07) is 12.8. The molecule has 0 bridgehead atoms. The summed E-state index contributed by atoms with van der Waals surface area (Å²) < 4.78 is 18.3. The summed E-state index contributed by atoms with van der Waals surface area (Å²) in [5, 5.41) is 12.0. The van der Waals surface area contributed by atoms with Crippen molar-refractivity contribution in [1.29, 1.82) is 0 Å². The zero-order valence-corrected chi connectivity index (χ0v) is 14.6. The van der Waals surface area contributed by atoms with Crippen molar-refractivity contribution < 1.29 is 23.8 Å². The molecule has 26 heavy (non-hydrogen) atoms. The lowest BCUT2D eigenvalue weighted by atomic mass is 9.99. The van der Waals surface area contributed by atoms with E-state index in [-0.39, 0.29) is 18.9 Å². The highest BCUT2D eigenvalue weighted by molar-refractivity contribution is 5.80. The smallest absolute Gasteiger partial charge is 0.312 e. The standard InChI is InChI=1S/C20H22FNO4/c1-2-26-17-10-3-14(4-11-17)5-12-19(23)22-13-18(20(24)25)15-6-8-16(21)9-7-15/h3-4,6-11,18H,2,5,12-13H2,1H3,(H,22,23)(H,24,25). The largest absolute Gasteiger partial charge is 0.494 e. The Morgan fingerprint density at radius 2 is 1.77 bits per heavy atom. The van der Waals surface area contributed by atoms with Crippen molar-refractivity contribution in [2.45, 2.75) is 25.7 Å². The minimum absolute atomic E-state index is 0.0386. The third-order valence-electron chi connectivity index (χ3n) is 3.95. The summed E-state index contributed by atoms with van der Waals surface area (Å²) in [7, 11) is 0. The van der Waals surface area contributed by atoms with Gasteiger partial charge in [0.25, 0.3) is 0 Å². The van der Waals surface area contributed by atoms with Gasteiger partial charge in [0.2, 0.25) is 5.91 Å². The summed E-state index contributed by atoms with van der Waals surface area (Å²) in [6.07, 6.45) is 0.802. The Bertz CT molecular complexity index is 728. The van der Waals surface area contributed by atoms with E-state index in [0.717, 1.165) is 11.3 Å². The Balaban J connectivity index is 1.84. The van der Waals surface area contributed by atoms with Gasteiger partial charge in [-0.1, -0.05) is 24.3 Å². The van der Waals surface area contributed by atoms with Crippen LogP contribution in [0.4, 0.5) is 4.39 Å². The van der Waals surface area contributed by atoms with Crippen molar-refractivity contribution in [3.8, 4) is 5.75 Å². The van der Waals surface area contributed by atoms with E-state index in [1.165, 1.54) is 24.3 Å². The van der Waals surface area contributed by atoms with Gasteiger partial charge in [-0.15, -0.1) is 0 Å². The molecule has 0 radical (unpaired) electrons. The normalized spacial score (nSPS) is 11.6. The number of rotatable bonds is 9. The summed E-state index contributed by atoms with van der Waals surface area (Å²) in [6.45, 7) is 2.47. The molecule has 2 aromatic carbocycles. The first-order valence-electron chi connectivity index (χ1n) is 8.46. The van der Waals surface area contributed by atoms with E-state index in [9.17, 15) is 19.1 Å². The molecule has 0 saturated carbocycles. The molecule has 138 valence electrons. The molecule has 6 heteroatoms. The van der Waals surface area contributed by atoms with Crippen LogP contribution >= 0.6 is 0 Å². The number of hydrogen-bond acceptors (Lipinski definition) is 3. The Morgan fingerprint density at radius 1 is 1.12 bits per heavy atom. The molecule has 2 rings (SSSR count). The first kappa shape index (κ1) is 19.4. The number of carboxylic acids is 1. The van der Waals surface area contributed by atoms with Gasteiger partial charge in [-0.05, 0) is 48.7 Å². The fraction of sp³-hybridized carbons (Fsp3) is 0.300. The molecule has 0 fully saturated rings. The molecule has 0 aromatic heterocycles. The van der Waals surface area contributed by atoms with Crippen LogP contribution in [0.2, 0.25) is 0 Å². The van der Waals surface area contributed by atoms with Crippen LogP contribution in [0.15, 0.2) is 48.5 Å². The van der Waals surface area contributed by atoms with E-state index < -0.39 is 17.7 Å². The van der Waals surface area contributed by atoms with Crippen LogP contribution in [-0.4, -0.2) is 30.1 Å². The maximum atomic E-state index is 13.0. The third kappa shape index (κ3) is 5.88. The predicted octanol–water partition coefficient (Wildman–Crippen LogP) is 3.14. The van der Waals surface area contributed by atoms with Crippen LogP contribution in [-0.2, 0) is 16.0 Å². The van der Waals surface area contributed by atoms with Crippen LogP contribution in [0, 0.1) is 5.82 Å². The first-order valence-corrected chi connectivity index (χ1v) is 8.46. The van der Waals surface area contributed by atoms with Gasteiger partial charge in [0.1, 0.15) is 11.6 Å². The molecule has 5 nitrogen and oxygen atoms in total. The molecule has 0 aliphatic heterocycles. The van der Waals surface area contributed by atoms with E-state index in [4.69, 9.17) is 4.74 Å². The number of halogens is 1. The molecule has 1 atom stereocenters. The van der Waals surface area contributed by atoms with E-state index in [1.54, 1.807) is 0 Å². The zero-order valence-electron chi connectivity index (χ0n) is 14.6. The molecule has 0 saturated heterocycles. The van der Waals surface area contributed by atoms with Gasteiger partial charge < -0.3 is 15.2 Å². The van der Waals surface area contributed by atoms with E-state index in [2.05, 4.69) is 5.32 Å². The van der Waals surface area contributed by atoms with E-state index in [0.29, 0.717) is 18.6 Å². The number of aryl methyl sites for hydroxylation is 1. The number of ether oxygens (including phenoxy) is 1. The number of aliphatic carboxylic acids is 1. The quantitative estimate of drug-likeness (QED) is 0.721. The summed E-state index contributed by atoms with van der Waals surface area (Å²) >= 11 is 0. The van der Waals surface area contributed by atoms with Crippen molar-refractivity contribution in [2.75, 3.05) is 13.2 Å². The third-order valence-corrected chi connectivity index (χ3v) is 3.95. The van der Waals surface area contributed by atoms with Gasteiger partial charge in [-0.25, -0.2) is 4.39 Å². The molecule has 0 aliphatic carbocycles. The fourth-order valence-corrected chi connectivity index (χ4v) is 2.52. The maximum absolute atomic E-state index is 13.0. The molecular formula is C20H22FNO4. The number of amides is 1. The zero-order chi connectivity index (χ0) is 18.9. The summed E-state index contributed by atoms with van der Waals surface area (Å²) in [5.41, 5.74) is 1.45. The lowest BCUT2D eigenvalue weighted by molar-refractivity contribution is -0.138. The number of benzene rings is 2. The van der Waals surface area contributed by atoms with E-state index in [1.807, 2.05) is 31.2 Å². The lowest BCUT2D eigenvalue weighted by Gasteiger charge is -2.14. The second-order valence-electron chi connectivity index (χ2n) is 5.82. The van der Waals surface area contributed by atoms with Crippen LogP contribution in [0.3, 0.4) is 0 Å². The first-order chi connectivity index (χ1) is 12.5. The number of nitrogens with one attached hydrogen (secondary N) is 1. The van der Waals surface area contributed by atoms with Crippen molar-refractivity contribution in [1.82, 2.24) is 5.32 Å². The second kappa shape index (κ2) is 9.56. The Kier molecular flexibility index (Phi) is 7.14. The van der Waals surface area contributed by atoms with Gasteiger partial charge >= 0.3 is 5.97 Å². The molecule has 2 aromatic rings. The van der Waals surface area contributed by atoms with Crippen molar-refractivity contribution in [3.05, 3.63) is 65.5 Å². The molecule has 2 N–H and O–H groups in total. The van der Waals surface area contributed by atoms with Crippen molar-refractivity contribution >= 4 is 11.9 Å². The number of carbonyl (C=O) groups excluding carboxylic acids is 1. The topological polar surface area (TPSA) is 75.6 Å². The number of carboxylic acid groups (broad SMARTS) is 1. The van der Waals surface area contributed by atoms with Crippen LogP contribution in [0.5, 0.6) is 5.75 Å². The Hall–Kier alpha value is -2.89. The van der Waals surface area contributed by atoms with Gasteiger partial charge in [0, 0.05) is 13.0 Å². The average molecular weight is 359 g/mol. The van der Waals surface area contributed by atoms with Crippen LogP contribution in [0.1, 0.15) is 30.4 Å². The van der Waals surface area contributed by atoms with Crippen molar-refractivity contribution in [2.24, 2.45) is 0 Å². The Morgan fingerprint density at radius 3 is 2.35 bits per heavy atom. The fourth-order valence-electron chi connectivity index (χ4n) is 2.52. The summed E-state index contributed by atoms with van der Waals surface area (Å²) in [4.78, 5) is 23.4. The van der Waals surface area contributed by atoms with Gasteiger partial charge in [0.05, 0.1) is 12.5 Å². The molecule has 1 amide bonds. The molecule has 1 unspecified atom stereocenters. The number of carbonyl (C=O) groups is 2. The lowest BCUT2D eigenvalue weighted by Crippen LogP contribution is -2.31. The highest BCUT2D eigenvalue weighted by Gasteiger charge is 2.20. The molecule has 0 spiro atoms. The van der Waals surface area contributed by atoms with Crippen LogP contribution in [0.25, 0.3) is 0 Å². The predicted molar refractivity (Wildman–Crippen MR) is 95.7 cm³/mol. The molecule has 0 aliphatic rings. The SMILES string of the molecule is CCOc1ccc(CCC(=O)NCC(C(=O)O)c2ccc(F)cc2)cc1. The van der Waals surface area contributed by atoms with Gasteiger partial charge in [0.15, 0.2) is 0 Å².